The molecule has 0 aliphatic carbocycles. The maximum Gasteiger partial charge on any atom is 0.288 e. The van der Waals surface area contributed by atoms with Gasteiger partial charge in [0.1, 0.15) is 17.5 Å². The molecule has 0 spiro atoms. The molecule has 94 valence electrons. The van der Waals surface area contributed by atoms with Crippen molar-refractivity contribution in [3.8, 4) is 0 Å². The summed E-state index contributed by atoms with van der Waals surface area (Å²) in [7, 11) is 0. The van der Waals surface area contributed by atoms with Gasteiger partial charge in [-0.1, -0.05) is 11.6 Å². The highest BCUT2D eigenvalue weighted by molar-refractivity contribution is 6.30. The SMILES string of the molecule is NCCC(O)C(O)c1cc([N+](=O)[O-])cnc1Cl. The van der Waals surface area contributed by atoms with Gasteiger partial charge in [0.05, 0.1) is 11.0 Å². The number of aromatic nitrogens is 1. The number of rotatable bonds is 5. The third-order valence-corrected chi connectivity index (χ3v) is 2.52. The van der Waals surface area contributed by atoms with Crippen molar-refractivity contribution >= 4 is 17.3 Å². The molecule has 0 saturated heterocycles. The Morgan fingerprint density at radius 3 is 2.76 bits per heavy atom. The van der Waals surface area contributed by atoms with Crippen LogP contribution in [0.15, 0.2) is 12.3 Å². The molecule has 7 nitrogen and oxygen atoms in total. The molecule has 0 aliphatic rings. The highest BCUT2D eigenvalue weighted by atomic mass is 35.5. The van der Waals surface area contributed by atoms with Crippen molar-refractivity contribution in [3.63, 3.8) is 0 Å². The van der Waals surface area contributed by atoms with E-state index in [1.807, 2.05) is 0 Å². The smallest absolute Gasteiger partial charge is 0.288 e. The molecule has 8 heteroatoms. The average Bonchev–Trinajstić information content (AvgIpc) is 2.28. The number of nitrogens with zero attached hydrogens (tertiary/aromatic N) is 2. The van der Waals surface area contributed by atoms with Crippen LogP contribution in [0.2, 0.25) is 5.15 Å². The molecule has 0 aromatic carbocycles. The lowest BCUT2D eigenvalue weighted by Gasteiger charge is -2.17. The van der Waals surface area contributed by atoms with Gasteiger partial charge < -0.3 is 15.9 Å². The highest BCUT2D eigenvalue weighted by Gasteiger charge is 2.23. The number of hydrogen-bond acceptors (Lipinski definition) is 6. The van der Waals surface area contributed by atoms with Gasteiger partial charge in [-0.05, 0) is 13.0 Å². The summed E-state index contributed by atoms with van der Waals surface area (Å²) in [5.41, 5.74) is 4.95. The predicted octanol–water partition coefficient (Wildman–Crippen LogP) is 0.386. The van der Waals surface area contributed by atoms with Crippen molar-refractivity contribution in [2.75, 3.05) is 6.54 Å². The third-order valence-electron chi connectivity index (χ3n) is 2.21. The Hall–Kier alpha value is -1.28. The average molecular weight is 262 g/mol. The number of nitrogens with two attached hydrogens (primary N) is 1. The molecular formula is C9H12ClN3O4. The fourth-order valence-corrected chi connectivity index (χ4v) is 1.51. The van der Waals surface area contributed by atoms with Gasteiger partial charge in [-0.2, -0.15) is 0 Å². The summed E-state index contributed by atoms with van der Waals surface area (Å²) in [5, 5.41) is 29.8. The van der Waals surface area contributed by atoms with Crippen molar-refractivity contribution in [2.24, 2.45) is 5.73 Å². The molecule has 2 unspecified atom stereocenters. The fourth-order valence-electron chi connectivity index (χ4n) is 1.30. The lowest BCUT2D eigenvalue weighted by molar-refractivity contribution is -0.385. The molecule has 4 N–H and O–H groups in total. The lowest BCUT2D eigenvalue weighted by atomic mass is 10.0. The third kappa shape index (κ3) is 3.34. The maximum absolute atomic E-state index is 10.5. The van der Waals surface area contributed by atoms with Crippen LogP contribution in [0, 0.1) is 10.1 Å². The van der Waals surface area contributed by atoms with E-state index in [1.165, 1.54) is 0 Å². The summed E-state index contributed by atoms with van der Waals surface area (Å²) in [6, 6.07) is 1.08. The number of halogens is 1. The molecular weight excluding hydrogens is 250 g/mol. The van der Waals surface area contributed by atoms with Crippen LogP contribution in [0.1, 0.15) is 18.1 Å². The molecule has 0 saturated carbocycles. The summed E-state index contributed by atoms with van der Waals surface area (Å²) < 4.78 is 0. The summed E-state index contributed by atoms with van der Waals surface area (Å²) in [6.45, 7) is 0.179. The molecule has 0 bridgehead atoms. The number of pyridine rings is 1. The zero-order valence-electron chi connectivity index (χ0n) is 8.78. The van der Waals surface area contributed by atoms with Crippen molar-refractivity contribution in [3.05, 3.63) is 33.1 Å². The van der Waals surface area contributed by atoms with Crippen LogP contribution in [-0.4, -0.2) is 32.8 Å². The Morgan fingerprint density at radius 2 is 2.24 bits per heavy atom. The van der Waals surface area contributed by atoms with Gasteiger partial charge in [-0.15, -0.1) is 0 Å². The Bertz CT molecular complexity index is 415. The van der Waals surface area contributed by atoms with Gasteiger partial charge in [0.25, 0.3) is 5.69 Å². The number of nitro groups is 1. The second kappa shape index (κ2) is 5.87. The van der Waals surface area contributed by atoms with Gasteiger partial charge >= 0.3 is 0 Å². The van der Waals surface area contributed by atoms with E-state index < -0.39 is 17.1 Å². The van der Waals surface area contributed by atoms with Gasteiger partial charge in [0.15, 0.2) is 0 Å². The standard InChI is InChI=1S/C9H12ClN3O4/c10-9-6(8(15)7(14)1-2-11)3-5(4-12-9)13(16)17/h3-4,7-8,14-15H,1-2,11H2. The molecule has 1 aromatic heterocycles. The largest absolute Gasteiger partial charge is 0.390 e. The molecule has 0 aliphatic heterocycles. The first-order valence-corrected chi connectivity index (χ1v) is 5.21. The van der Waals surface area contributed by atoms with E-state index in [9.17, 15) is 20.3 Å². The van der Waals surface area contributed by atoms with Crippen LogP contribution < -0.4 is 5.73 Å². The quantitative estimate of drug-likeness (QED) is 0.400. The number of aliphatic hydroxyl groups is 2. The molecule has 1 rings (SSSR count). The minimum absolute atomic E-state index is 0.0156. The Balaban J connectivity index is 3.03. The van der Waals surface area contributed by atoms with Crippen LogP contribution >= 0.6 is 11.6 Å². The van der Waals surface area contributed by atoms with Crippen LogP contribution in [-0.2, 0) is 0 Å². The zero-order valence-corrected chi connectivity index (χ0v) is 9.54. The first-order valence-electron chi connectivity index (χ1n) is 4.83. The first kappa shape index (κ1) is 13.8. The minimum atomic E-state index is -1.35. The Morgan fingerprint density at radius 1 is 1.59 bits per heavy atom. The van der Waals surface area contributed by atoms with E-state index in [2.05, 4.69) is 4.98 Å². The molecule has 2 atom stereocenters. The molecule has 17 heavy (non-hydrogen) atoms. The Labute approximate surface area is 102 Å². The minimum Gasteiger partial charge on any atom is -0.390 e. The number of aliphatic hydroxyl groups excluding tert-OH is 2. The summed E-state index contributed by atoms with van der Waals surface area (Å²) in [4.78, 5) is 13.5. The second-order valence-electron chi connectivity index (χ2n) is 3.42. The molecule has 0 fully saturated rings. The van der Waals surface area contributed by atoms with E-state index in [0.717, 1.165) is 12.3 Å². The molecule has 0 radical (unpaired) electrons. The lowest BCUT2D eigenvalue weighted by Crippen LogP contribution is -2.22. The summed E-state index contributed by atoms with van der Waals surface area (Å²) in [5.74, 6) is 0. The Kier molecular flexibility index (Phi) is 4.76. The summed E-state index contributed by atoms with van der Waals surface area (Å²) >= 11 is 5.70. The van der Waals surface area contributed by atoms with E-state index in [1.54, 1.807) is 0 Å². The summed E-state index contributed by atoms with van der Waals surface area (Å²) in [6.07, 6.45) is -1.35. The van der Waals surface area contributed by atoms with Crippen molar-refractivity contribution in [1.29, 1.82) is 0 Å². The number of hydrogen-bond donors (Lipinski definition) is 3. The second-order valence-corrected chi connectivity index (χ2v) is 3.78. The van der Waals surface area contributed by atoms with Crippen molar-refractivity contribution in [1.82, 2.24) is 4.98 Å². The van der Waals surface area contributed by atoms with Gasteiger partial charge in [-0.3, -0.25) is 10.1 Å². The maximum atomic E-state index is 10.5. The van der Waals surface area contributed by atoms with Crippen LogP contribution in [0.5, 0.6) is 0 Å². The predicted molar refractivity (Wildman–Crippen MR) is 60.5 cm³/mol. The molecule has 0 amide bonds. The monoisotopic (exact) mass is 261 g/mol. The fraction of sp³-hybridized carbons (Fsp3) is 0.444. The van der Waals surface area contributed by atoms with E-state index >= 15 is 0 Å². The van der Waals surface area contributed by atoms with Crippen LogP contribution in [0.4, 0.5) is 5.69 Å². The van der Waals surface area contributed by atoms with Crippen LogP contribution in [0.25, 0.3) is 0 Å². The van der Waals surface area contributed by atoms with Crippen LogP contribution in [0.3, 0.4) is 0 Å². The zero-order chi connectivity index (χ0) is 13.0. The normalized spacial score (nSPS) is 14.4. The van der Waals surface area contributed by atoms with Gasteiger partial charge in [-0.25, -0.2) is 4.98 Å². The van der Waals surface area contributed by atoms with Crippen molar-refractivity contribution < 1.29 is 15.1 Å². The molecule has 1 heterocycles. The molecule has 1 aromatic rings. The van der Waals surface area contributed by atoms with E-state index in [0.29, 0.717) is 0 Å². The van der Waals surface area contributed by atoms with E-state index in [-0.39, 0.29) is 29.4 Å². The van der Waals surface area contributed by atoms with Crippen molar-refractivity contribution in [2.45, 2.75) is 18.6 Å². The van der Waals surface area contributed by atoms with Gasteiger partial charge in [0, 0.05) is 11.6 Å². The highest BCUT2D eigenvalue weighted by Crippen LogP contribution is 2.27. The topological polar surface area (TPSA) is 123 Å². The first-order chi connectivity index (χ1) is 7.97. The van der Waals surface area contributed by atoms with E-state index in [4.69, 9.17) is 17.3 Å². The van der Waals surface area contributed by atoms with Gasteiger partial charge in [0.2, 0.25) is 0 Å².